The molecule has 0 saturated carbocycles. The van der Waals surface area contributed by atoms with E-state index in [4.69, 9.17) is 9.47 Å². The fourth-order valence-corrected chi connectivity index (χ4v) is 5.07. The molecule has 0 saturated heterocycles. The molecule has 9 nitrogen and oxygen atoms in total. The van der Waals surface area contributed by atoms with Gasteiger partial charge < -0.3 is 19.7 Å². The minimum atomic E-state index is -1.30. The van der Waals surface area contributed by atoms with Crippen molar-refractivity contribution in [2.45, 2.75) is 12.6 Å². The van der Waals surface area contributed by atoms with Gasteiger partial charge in [-0.1, -0.05) is 54.6 Å². The van der Waals surface area contributed by atoms with E-state index < -0.39 is 41.9 Å². The second-order valence-electron chi connectivity index (χ2n) is 9.76. The van der Waals surface area contributed by atoms with Crippen molar-refractivity contribution in [2.24, 2.45) is 0 Å². The number of ketones is 1. The van der Waals surface area contributed by atoms with Crippen molar-refractivity contribution in [3.05, 3.63) is 120 Å². The van der Waals surface area contributed by atoms with E-state index in [0.29, 0.717) is 28.4 Å². The number of amides is 3. The summed E-state index contributed by atoms with van der Waals surface area (Å²) < 4.78 is 25.2. The lowest BCUT2D eigenvalue weighted by Crippen LogP contribution is -2.46. The highest BCUT2D eigenvalue weighted by atomic mass is 19.1. The lowest BCUT2D eigenvalue weighted by molar-refractivity contribution is -0.139. The average Bonchev–Trinajstić information content (AvgIpc) is 3.56. The summed E-state index contributed by atoms with van der Waals surface area (Å²) in [4.78, 5) is 55.9. The van der Waals surface area contributed by atoms with Crippen LogP contribution in [0.1, 0.15) is 27.5 Å². The highest BCUT2D eigenvalue weighted by molar-refractivity contribution is 6.52. The third-order valence-electron chi connectivity index (χ3n) is 7.05. The number of para-hydroxylation sites is 1. The zero-order valence-electron chi connectivity index (χ0n) is 22.2. The highest BCUT2D eigenvalue weighted by Crippen LogP contribution is 2.35. The number of nitrogens with zero attached hydrogens (tertiary/aromatic N) is 2. The van der Waals surface area contributed by atoms with Crippen molar-refractivity contribution in [2.75, 3.05) is 23.6 Å². The summed E-state index contributed by atoms with van der Waals surface area (Å²) in [5, 5.41) is 2.81. The molecule has 0 radical (unpaired) electrons. The van der Waals surface area contributed by atoms with Crippen LogP contribution in [0.25, 0.3) is 0 Å². The molecule has 1 N–H and O–H groups in total. The Kier molecular flexibility index (Phi) is 7.10. The summed E-state index contributed by atoms with van der Waals surface area (Å²) in [7, 11) is 0. The Balaban J connectivity index is 1.38. The quantitative estimate of drug-likeness (QED) is 0.316. The number of rotatable bonds is 8. The Labute approximate surface area is 240 Å². The largest absolute Gasteiger partial charge is 0.454 e. The number of benzene rings is 4. The standard InChI is InChI=1S/C32H24FN3O6/c33-22-10-6-9-21(15-22)29(31(39)34-23-13-14-26-27(16-23)42-19-41-26)36(17-20-7-2-1-3-8-20)28(37)18-35-25-12-5-4-11-24(25)30(38)32(35)40/h1-16,29H,17-19H2,(H,34,39). The molecular weight excluding hydrogens is 541 g/mol. The van der Waals surface area contributed by atoms with E-state index in [1.54, 1.807) is 66.7 Å². The van der Waals surface area contributed by atoms with Crippen LogP contribution >= 0.6 is 0 Å². The van der Waals surface area contributed by atoms with Crippen molar-refractivity contribution in [3.8, 4) is 11.5 Å². The molecule has 2 heterocycles. The lowest BCUT2D eigenvalue weighted by atomic mass is 10.0. The molecule has 10 heteroatoms. The van der Waals surface area contributed by atoms with Gasteiger partial charge in [0.2, 0.25) is 12.7 Å². The number of halogens is 1. The van der Waals surface area contributed by atoms with Crippen molar-refractivity contribution < 1.29 is 33.0 Å². The molecule has 2 aliphatic rings. The van der Waals surface area contributed by atoms with Crippen LogP contribution < -0.4 is 19.7 Å². The Morgan fingerprint density at radius 1 is 0.881 bits per heavy atom. The fourth-order valence-electron chi connectivity index (χ4n) is 5.07. The van der Waals surface area contributed by atoms with Gasteiger partial charge in [-0.15, -0.1) is 0 Å². The van der Waals surface area contributed by atoms with Crippen molar-refractivity contribution in [3.63, 3.8) is 0 Å². The van der Waals surface area contributed by atoms with Crippen LogP contribution in [0.3, 0.4) is 0 Å². The number of ether oxygens (including phenoxy) is 2. The number of hydrogen-bond donors (Lipinski definition) is 1. The normalized spacial score (nSPS) is 14.0. The molecular formula is C32H24FN3O6. The van der Waals surface area contributed by atoms with Gasteiger partial charge in [-0.25, -0.2) is 4.39 Å². The van der Waals surface area contributed by atoms with Gasteiger partial charge in [-0.05, 0) is 47.5 Å². The molecule has 2 aliphatic heterocycles. The molecule has 0 bridgehead atoms. The third kappa shape index (κ3) is 5.17. The Morgan fingerprint density at radius 3 is 2.45 bits per heavy atom. The van der Waals surface area contributed by atoms with E-state index in [9.17, 15) is 23.6 Å². The van der Waals surface area contributed by atoms with E-state index >= 15 is 0 Å². The summed E-state index contributed by atoms with van der Waals surface area (Å²) in [6, 6.07) is 24.4. The summed E-state index contributed by atoms with van der Waals surface area (Å²) >= 11 is 0. The molecule has 210 valence electrons. The van der Waals surface area contributed by atoms with Gasteiger partial charge in [0.15, 0.2) is 11.5 Å². The van der Waals surface area contributed by atoms with Crippen LogP contribution in [0.4, 0.5) is 15.8 Å². The first-order valence-corrected chi connectivity index (χ1v) is 13.1. The van der Waals surface area contributed by atoms with Gasteiger partial charge in [-0.2, -0.15) is 0 Å². The van der Waals surface area contributed by atoms with E-state index in [0.717, 1.165) is 4.90 Å². The number of hydrogen-bond acceptors (Lipinski definition) is 6. The Hall–Kier alpha value is -5.51. The summed E-state index contributed by atoms with van der Waals surface area (Å²) in [6.45, 7) is -0.483. The molecule has 42 heavy (non-hydrogen) atoms. The topological polar surface area (TPSA) is 105 Å². The molecule has 1 unspecified atom stereocenters. The molecule has 4 aromatic rings. The maximum atomic E-state index is 14.5. The van der Waals surface area contributed by atoms with Crippen LogP contribution in [0.2, 0.25) is 0 Å². The van der Waals surface area contributed by atoms with Crippen LogP contribution in [0, 0.1) is 5.82 Å². The van der Waals surface area contributed by atoms with E-state index in [1.807, 2.05) is 6.07 Å². The third-order valence-corrected chi connectivity index (χ3v) is 7.05. The number of carbonyl (C=O) groups is 4. The van der Waals surface area contributed by atoms with Gasteiger partial charge >= 0.3 is 0 Å². The summed E-state index contributed by atoms with van der Waals surface area (Å²) in [6.07, 6.45) is 0. The Bertz CT molecular complexity index is 1710. The first-order chi connectivity index (χ1) is 20.4. The first-order valence-electron chi connectivity index (χ1n) is 13.1. The minimum Gasteiger partial charge on any atom is -0.454 e. The maximum Gasteiger partial charge on any atom is 0.299 e. The van der Waals surface area contributed by atoms with Gasteiger partial charge in [0.1, 0.15) is 18.4 Å². The molecule has 0 aliphatic carbocycles. The monoisotopic (exact) mass is 565 g/mol. The number of fused-ring (bicyclic) bond motifs is 2. The summed E-state index contributed by atoms with van der Waals surface area (Å²) in [5.41, 5.74) is 1.82. The van der Waals surface area contributed by atoms with E-state index in [2.05, 4.69) is 5.32 Å². The number of Topliss-reactive ketones (excluding diaryl/α,β-unsaturated/α-hetero) is 1. The fraction of sp³-hybridized carbons (Fsp3) is 0.125. The predicted molar refractivity (Wildman–Crippen MR) is 150 cm³/mol. The predicted octanol–water partition coefficient (Wildman–Crippen LogP) is 4.49. The van der Waals surface area contributed by atoms with Gasteiger partial charge in [-0.3, -0.25) is 24.1 Å². The smallest absolute Gasteiger partial charge is 0.299 e. The first kappa shape index (κ1) is 26.7. The second kappa shape index (κ2) is 11.2. The summed E-state index contributed by atoms with van der Waals surface area (Å²) in [5.74, 6) is -2.40. The number of carbonyl (C=O) groups excluding carboxylic acids is 4. The lowest BCUT2D eigenvalue weighted by Gasteiger charge is -2.33. The van der Waals surface area contributed by atoms with Crippen LogP contribution in [0.5, 0.6) is 11.5 Å². The van der Waals surface area contributed by atoms with Crippen LogP contribution in [-0.4, -0.2) is 41.7 Å². The van der Waals surface area contributed by atoms with Gasteiger partial charge in [0, 0.05) is 18.3 Å². The zero-order valence-corrected chi connectivity index (χ0v) is 22.2. The minimum absolute atomic E-state index is 0.0347. The van der Waals surface area contributed by atoms with Crippen LogP contribution in [-0.2, 0) is 20.9 Å². The molecule has 6 rings (SSSR count). The van der Waals surface area contributed by atoms with Gasteiger partial charge in [0.25, 0.3) is 17.6 Å². The van der Waals surface area contributed by atoms with E-state index in [-0.39, 0.29) is 24.5 Å². The average molecular weight is 566 g/mol. The van der Waals surface area contributed by atoms with Crippen molar-refractivity contribution in [1.82, 2.24) is 4.90 Å². The zero-order chi connectivity index (χ0) is 29.2. The van der Waals surface area contributed by atoms with Crippen molar-refractivity contribution >= 4 is 34.9 Å². The molecule has 1 atom stereocenters. The van der Waals surface area contributed by atoms with Gasteiger partial charge in [0.05, 0.1) is 11.3 Å². The highest BCUT2D eigenvalue weighted by Gasteiger charge is 2.39. The number of anilines is 2. The molecule has 0 aromatic heterocycles. The molecule has 3 amide bonds. The number of nitrogens with one attached hydrogen (secondary N) is 1. The van der Waals surface area contributed by atoms with Crippen molar-refractivity contribution in [1.29, 1.82) is 0 Å². The second-order valence-corrected chi connectivity index (χ2v) is 9.76. The molecule has 0 fully saturated rings. The molecule has 0 spiro atoms. The van der Waals surface area contributed by atoms with Crippen LogP contribution in [0.15, 0.2) is 97.1 Å². The van der Waals surface area contributed by atoms with E-state index in [1.165, 1.54) is 29.2 Å². The Morgan fingerprint density at radius 2 is 1.64 bits per heavy atom. The SMILES string of the molecule is O=C1C(=O)N(CC(=O)N(Cc2ccccc2)C(C(=O)Nc2ccc3c(c2)OCO3)c2cccc(F)c2)c2ccccc21. The maximum absolute atomic E-state index is 14.5. The molecule has 4 aromatic carbocycles.